The van der Waals surface area contributed by atoms with E-state index in [1.165, 1.54) is 18.5 Å². The fourth-order valence-corrected chi connectivity index (χ4v) is 1.77. The van der Waals surface area contributed by atoms with Crippen LogP contribution < -0.4 is 5.32 Å². The van der Waals surface area contributed by atoms with Crippen molar-refractivity contribution in [1.82, 2.24) is 10.3 Å². The van der Waals surface area contributed by atoms with Gasteiger partial charge in [-0.2, -0.15) is 0 Å². The summed E-state index contributed by atoms with van der Waals surface area (Å²) in [5.41, 5.74) is 0.234. The number of carbonyl (C=O) groups excluding carboxylic acids is 1. The second-order valence-electron chi connectivity index (χ2n) is 3.49. The molecule has 1 atom stereocenters. The number of amides is 1. The van der Waals surface area contributed by atoms with Crippen molar-refractivity contribution in [1.29, 1.82) is 0 Å². The largest absolute Gasteiger partial charge is 0.505 e. The maximum Gasteiger partial charge on any atom is 0.255 e. The number of hydrogen-bond acceptors (Lipinski definition) is 4. The topological polar surface area (TPSA) is 71.5 Å². The van der Waals surface area contributed by atoms with Gasteiger partial charge in [0, 0.05) is 24.7 Å². The first-order valence-corrected chi connectivity index (χ1v) is 6.11. The Labute approximate surface area is 108 Å². The lowest BCUT2D eigenvalue weighted by Crippen LogP contribution is -2.27. The molecule has 2 N–H and O–H groups in total. The van der Waals surface area contributed by atoms with E-state index < -0.39 is 0 Å². The summed E-state index contributed by atoms with van der Waals surface area (Å²) in [6.45, 7) is 1.11. The third-order valence-corrected chi connectivity index (χ3v) is 2.86. The molecule has 94 valence electrons. The van der Waals surface area contributed by atoms with Crippen molar-refractivity contribution in [2.75, 3.05) is 20.3 Å². The fraction of sp³-hybridized carbons (Fsp3) is 0.455. The van der Waals surface area contributed by atoms with E-state index in [1.54, 1.807) is 7.11 Å². The molecule has 0 bridgehead atoms. The van der Waals surface area contributed by atoms with Crippen molar-refractivity contribution in [3.05, 3.63) is 24.0 Å². The van der Waals surface area contributed by atoms with Crippen LogP contribution in [0.15, 0.2) is 18.5 Å². The average Bonchev–Trinajstić information content (AvgIpc) is 2.29. The van der Waals surface area contributed by atoms with Gasteiger partial charge in [-0.15, -0.1) is 0 Å². The predicted molar refractivity (Wildman–Crippen MR) is 67.4 cm³/mol. The number of alkyl halides is 1. The summed E-state index contributed by atoms with van der Waals surface area (Å²) in [6, 6.07) is 1.48. The summed E-state index contributed by atoms with van der Waals surface area (Å²) in [4.78, 5) is 15.6. The van der Waals surface area contributed by atoms with Crippen LogP contribution >= 0.6 is 15.9 Å². The molecule has 17 heavy (non-hydrogen) atoms. The monoisotopic (exact) mass is 302 g/mol. The van der Waals surface area contributed by atoms with Crippen LogP contribution in [0.25, 0.3) is 0 Å². The second-order valence-corrected chi connectivity index (χ2v) is 4.78. The normalized spacial score (nSPS) is 12.1. The van der Waals surface area contributed by atoms with Crippen molar-refractivity contribution in [3.8, 4) is 5.75 Å². The van der Waals surface area contributed by atoms with Gasteiger partial charge in [0.1, 0.15) is 5.75 Å². The molecule has 0 aromatic carbocycles. The summed E-state index contributed by atoms with van der Waals surface area (Å²) in [5, 5.41) is 12.1. The van der Waals surface area contributed by atoms with Gasteiger partial charge in [0.05, 0.1) is 18.4 Å². The van der Waals surface area contributed by atoms with Crippen LogP contribution in [0.3, 0.4) is 0 Å². The second kappa shape index (κ2) is 7.24. The first-order valence-electron chi connectivity index (χ1n) is 5.19. The lowest BCUT2D eigenvalue weighted by atomic mass is 10.2. The number of hydrogen-bond donors (Lipinski definition) is 2. The van der Waals surface area contributed by atoms with Gasteiger partial charge in [0.2, 0.25) is 0 Å². The van der Waals surface area contributed by atoms with Gasteiger partial charge in [-0.05, 0) is 12.5 Å². The third-order valence-electron chi connectivity index (χ3n) is 2.14. The van der Waals surface area contributed by atoms with E-state index in [-0.39, 0.29) is 22.0 Å². The molecule has 0 saturated carbocycles. The van der Waals surface area contributed by atoms with Crippen LogP contribution in [0.5, 0.6) is 5.75 Å². The number of rotatable bonds is 6. The molecule has 1 unspecified atom stereocenters. The highest BCUT2D eigenvalue weighted by Gasteiger charge is 2.10. The Kier molecular flexibility index (Phi) is 5.93. The van der Waals surface area contributed by atoms with E-state index in [0.29, 0.717) is 13.2 Å². The van der Waals surface area contributed by atoms with Gasteiger partial charge in [-0.25, -0.2) is 0 Å². The first kappa shape index (κ1) is 13.9. The minimum atomic E-state index is -0.304. The quantitative estimate of drug-likeness (QED) is 0.778. The highest BCUT2D eigenvalue weighted by Crippen LogP contribution is 2.13. The highest BCUT2D eigenvalue weighted by molar-refractivity contribution is 9.09. The molecule has 0 saturated heterocycles. The van der Waals surface area contributed by atoms with Gasteiger partial charge in [-0.1, -0.05) is 15.9 Å². The number of nitrogens with one attached hydrogen (secondary N) is 1. The van der Waals surface area contributed by atoms with Gasteiger partial charge in [0.15, 0.2) is 0 Å². The Morgan fingerprint density at radius 3 is 3.12 bits per heavy atom. The SMILES string of the molecule is COCC(Br)CCNC(=O)c1ccncc1O. The van der Waals surface area contributed by atoms with Crippen molar-refractivity contribution in [2.45, 2.75) is 11.2 Å². The molecule has 5 nitrogen and oxygen atoms in total. The molecule has 0 radical (unpaired) electrons. The zero-order valence-electron chi connectivity index (χ0n) is 9.52. The summed E-state index contributed by atoms with van der Waals surface area (Å²) in [6.07, 6.45) is 3.46. The molecular formula is C11H15BrN2O3. The molecule has 1 rings (SSSR count). The summed E-state index contributed by atoms with van der Waals surface area (Å²) >= 11 is 3.42. The van der Waals surface area contributed by atoms with Crippen LogP contribution in [0.4, 0.5) is 0 Å². The third kappa shape index (κ3) is 4.70. The molecule has 0 aliphatic rings. The van der Waals surface area contributed by atoms with Crippen LogP contribution in [-0.4, -0.2) is 41.1 Å². The minimum Gasteiger partial charge on any atom is -0.505 e. The molecule has 1 amide bonds. The predicted octanol–water partition coefficient (Wildman–Crippen LogP) is 1.32. The number of pyridine rings is 1. The Hall–Kier alpha value is -1.14. The molecule has 1 aromatic rings. The van der Waals surface area contributed by atoms with Crippen molar-refractivity contribution in [3.63, 3.8) is 0 Å². The van der Waals surface area contributed by atoms with Crippen LogP contribution in [-0.2, 0) is 4.74 Å². The fourth-order valence-electron chi connectivity index (χ4n) is 1.28. The number of aromatic nitrogens is 1. The maximum absolute atomic E-state index is 11.7. The molecule has 1 aromatic heterocycles. The number of ether oxygens (including phenoxy) is 1. The van der Waals surface area contributed by atoms with Gasteiger partial charge in [-0.3, -0.25) is 9.78 Å². The lowest BCUT2D eigenvalue weighted by molar-refractivity contribution is 0.0949. The number of aromatic hydroxyl groups is 1. The summed E-state index contributed by atoms with van der Waals surface area (Å²) in [7, 11) is 1.63. The standard InChI is InChI=1S/C11H15BrN2O3/c1-17-7-8(12)2-5-14-11(16)9-3-4-13-6-10(9)15/h3-4,6,8,15H,2,5,7H2,1H3,(H,14,16). The van der Waals surface area contributed by atoms with Crippen LogP contribution in [0, 0.1) is 0 Å². The van der Waals surface area contributed by atoms with Crippen LogP contribution in [0.2, 0.25) is 0 Å². The number of carbonyl (C=O) groups is 1. The molecule has 0 spiro atoms. The molecule has 0 aliphatic carbocycles. The maximum atomic E-state index is 11.7. The van der Waals surface area contributed by atoms with Crippen molar-refractivity contribution in [2.24, 2.45) is 0 Å². The number of nitrogens with zero attached hydrogens (tertiary/aromatic N) is 1. The molecular weight excluding hydrogens is 288 g/mol. The Morgan fingerprint density at radius 1 is 1.71 bits per heavy atom. The zero-order valence-corrected chi connectivity index (χ0v) is 11.1. The molecule has 0 fully saturated rings. The average molecular weight is 303 g/mol. The first-order chi connectivity index (χ1) is 8.15. The van der Waals surface area contributed by atoms with Gasteiger partial charge < -0.3 is 15.2 Å². The van der Waals surface area contributed by atoms with Crippen molar-refractivity contribution < 1.29 is 14.6 Å². The van der Waals surface area contributed by atoms with Crippen molar-refractivity contribution >= 4 is 21.8 Å². The smallest absolute Gasteiger partial charge is 0.255 e. The minimum absolute atomic E-state index is 0.114. The Bertz CT molecular complexity index is 373. The van der Waals surface area contributed by atoms with Gasteiger partial charge >= 0.3 is 0 Å². The van der Waals surface area contributed by atoms with E-state index in [0.717, 1.165) is 6.42 Å². The van der Waals surface area contributed by atoms with Gasteiger partial charge in [0.25, 0.3) is 5.91 Å². The van der Waals surface area contributed by atoms with E-state index in [9.17, 15) is 9.90 Å². The summed E-state index contributed by atoms with van der Waals surface area (Å²) < 4.78 is 4.96. The lowest BCUT2D eigenvalue weighted by Gasteiger charge is -2.09. The Morgan fingerprint density at radius 2 is 2.47 bits per heavy atom. The summed E-state index contributed by atoms with van der Waals surface area (Å²) in [5.74, 6) is -0.417. The number of halogens is 1. The van der Waals surface area contributed by atoms with E-state index >= 15 is 0 Å². The molecule has 0 aliphatic heterocycles. The van der Waals surface area contributed by atoms with E-state index in [1.807, 2.05) is 0 Å². The molecule has 1 heterocycles. The molecule has 6 heteroatoms. The highest BCUT2D eigenvalue weighted by atomic mass is 79.9. The van der Waals surface area contributed by atoms with E-state index in [2.05, 4.69) is 26.2 Å². The number of methoxy groups -OCH3 is 1. The van der Waals surface area contributed by atoms with Crippen LogP contribution in [0.1, 0.15) is 16.8 Å². The zero-order chi connectivity index (χ0) is 12.7. The Balaban J connectivity index is 2.38. The van der Waals surface area contributed by atoms with E-state index in [4.69, 9.17) is 4.74 Å².